The Bertz CT molecular complexity index is 165. The minimum Gasteiger partial charge on any atom is 0 e. The van der Waals surface area contributed by atoms with Gasteiger partial charge in [-0.25, -0.2) is 0 Å². The van der Waals surface area contributed by atoms with Crippen LogP contribution in [0.4, 0.5) is 0 Å². The van der Waals surface area contributed by atoms with Gasteiger partial charge in [-0.3, -0.25) is 0 Å². The Morgan fingerprint density at radius 1 is 1.08 bits per heavy atom. The number of rotatable bonds is 6. The summed E-state index contributed by atoms with van der Waals surface area (Å²) in [6.07, 6.45) is 8.66. The molecule has 0 bridgehead atoms. The molecule has 0 spiro atoms. The number of unbranched alkanes of at least 4 members (excludes halogenated alkanes) is 5. The molecule has 12 heavy (non-hydrogen) atoms. The Hall–Kier alpha value is 1.90. The summed E-state index contributed by atoms with van der Waals surface area (Å²) < 4.78 is 0. The molecule has 0 rings (SSSR count). The molecule has 0 aromatic rings. The summed E-state index contributed by atoms with van der Waals surface area (Å²) in [5.74, 6) is 0. The molecule has 4 heteroatoms. The van der Waals surface area contributed by atoms with Gasteiger partial charge in [0, 0.05) is 19.5 Å². The van der Waals surface area contributed by atoms with Crippen molar-refractivity contribution in [3.63, 3.8) is 0 Å². The number of hydrogen-bond donors (Lipinski definition) is 0. The zero-order chi connectivity index (χ0) is 8.36. The summed E-state index contributed by atoms with van der Waals surface area (Å²) in [5, 5.41) is 2.87. The van der Waals surface area contributed by atoms with E-state index in [2.05, 4.69) is 6.92 Å². The maximum atomic E-state index is 4.93. The first kappa shape index (κ1) is 16.3. The normalized spacial score (nSPS) is 9.42. The van der Waals surface area contributed by atoms with Crippen LogP contribution >= 0.6 is 5.02 Å². The Labute approximate surface area is 102 Å². The fourth-order valence-corrected chi connectivity index (χ4v) is 6.46. The molecule has 0 saturated heterocycles. The van der Waals surface area contributed by atoms with Crippen molar-refractivity contribution in [1.29, 1.82) is 0 Å². The molecule has 0 nitrogen and oxygen atoms in total. The molecule has 0 aromatic heterocycles. The van der Waals surface area contributed by atoms with E-state index in [0.717, 1.165) is 0 Å². The summed E-state index contributed by atoms with van der Waals surface area (Å²) in [6.45, 7) is 2.27. The van der Waals surface area contributed by atoms with E-state index in [0.29, 0.717) is 0 Å². The Morgan fingerprint density at radius 3 is 2.25 bits per heavy atom. The van der Waals surface area contributed by atoms with Gasteiger partial charge in [0.1, 0.15) is 0 Å². The van der Waals surface area contributed by atoms with Crippen LogP contribution in [0, 0.1) is 0 Å². The molecule has 0 atom stereocenters. The molecule has 0 aliphatic heterocycles. The molecule has 0 N–H and O–H groups in total. The van der Waals surface area contributed by atoms with Gasteiger partial charge < -0.3 is 0 Å². The molecule has 0 amide bonds. The van der Waals surface area contributed by atoms with Crippen LogP contribution in [-0.4, -0.2) is 0 Å². The van der Waals surface area contributed by atoms with Crippen molar-refractivity contribution in [3.8, 4) is 0 Å². The Kier molecular flexibility index (Phi) is 20.9. The standard InChI is InChI=1S/C8H17.PS.2Zn/c1-3-5-7-8-6-4-2;1-2;;/h1,3-8H2,2H3;;;/q;-1;;+1. The maximum absolute atomic E-state index is 4.93. The summed E-state index contributed by atoms with van der Waals surface area (Å²) in [7, 11) is 0. The third-order valence-electron chi connectivity index (χ3n) is 1.85. The average Bonchev–Trinajstić information content (AvgIpc) is 2.03. The van der Waals surface area contributed by atoms with Crippen molar-refractivity contribution in [2.75, 3.05) is 0 Å². The first-order chi connectivity index (χ1) is 5.41. The molecule has 0 aromatic carbocycles. The van der Waals surface area contributed by atoms with Gasteiger partial charge in [0.05, 0.1) is 0 Å². The van der Waals surface area contributed by atoms with Gasteiger partial charge >= 0.3 is 83.2 Å². The zero-order valence-corrected chi connectivity index (χ0v) is 15.9. The Balaban J connectivity index is 0. The van der Waals surface area contributed by atoms with Gasteiger partial charge in [0.2, 0.25) is 0 Å². The fourth-order valence-electron chi connectivity index (χ4n) is 1.13. The van der Waals surface area contributed by atoms with Crippen molar-refractivity contribution in [3.05, 3.63) is 0 Å². The van der Waals surface area contributed by atoms with Crippen molar-refractivity contribution in [2.45, 2.75) is 50.5 Å². The first-order valence-corrected chi connectivity index (χ1v) is 12.9. The SMILES string of the molecule is CCCCCCC[CH2][Zn]#[P]=S.[Zn]. The third kappa shape index (κ3) is 14.4. The van der Waals surface area contributed by atoms with Crippen LogP contribution in [0.5, 0.6) is 0 Å². The second-order valence-electron chi connectivity index (χ2n) is 2.97. The summed E-state index contributed by atoms with van der Waals surface area (Å²) >= 11 is 4.73. The Morgan fingerprint density at radius 2 is 1.67 bits per heavy atom. The van der Waals surface area contributed by atoms with Crippen LogP contribution in [0.3, 0.4) is 0 Å². The van der Waals surface area contributed by atoms with E-state index >= 15 is 0 Å². The molecule has 0 aliphatic rings. The molecule has 0 aliphatic carbocycles. The minimum absolute atomic E-state index is 0. The predicted octanol–water partition coefficient (Wildman–Crippen LogP) is 4.17. The summed E-state index contributed by atoms with van der Waals surface area (Å²) in [6, 6.07) is 0. The molecule has 0 unspecified atom stereocenters. The maximum Gasteiger partial charge on any atom is 0 e. The molecular weight excluding hydrogens is 290 g/mol. The molecule has 0 fully saturated rings. The molecular formula is C8H17PSZn2. The van der Waals surface area contributed by atoms with Gasteiger partial charge in [-0.05, 0) is 0 Å². The van der Waals surface area contributed by atoms with Crippen molar-refractivity contribution >= 4 is 16.8 Å². The van der Waals surface area contributed by atoms with Crippen molar-refractivity contribution < 1.29 is 35.4 Å². The van der Waals surface area contributed by atoms with Crippen molar-refractivity contribution in [1.82, 2.24) is 0 Å². The van der Waals surface area contributed by atoms with E-state index in [4.69, 9.17) is 11.8 Å². The van der Waals surface area contributed by atoms with E-state index in [1.54, 1.807) is 0 Å². The van der Waals surface area contributed by atoms with Gasteiger partial charge in [-0.1, -0.05) is 0 Å². The fraction of sp³-hybridized carbons (Fsp3) is 1.00. The van der Waals surface area contributed by atoms with Crippen LogP contribution in [0.15, 0.2) is 0 Å². The molecule has 64 valence electrons. The van der Waals surface area contributed by atoms with E-state index in [-0.39, 0.29) is 35.4 Å². The summed E-state index contributed by atoms with van der Waals surface area (Å²) in [4.78, 5) is 0. The van der Waals surface area contributed by atoms with Gasteiger partial charge in [0.15, 0.2) is 0 Å². The summed E-state index contributed by atoms with van der Waals surface area (Å²) in [5.41, 5.74) is 0. The van der Waals surface area contributed by atoms with Gasteiger partial charge in [-0.2, -0.15) is 0 Å². The van der Waals surface area contributed by atoms with Crippen LogP contribution in [0.2, 0.25) is 5.02 Å². The van der Waals surface area contributed by atoms with Gasteiger partial charge in [-0.15, -0.1) is 0 Å². The first-order valence-electron chi connectivity index (χ1n) is 4.71. The van der Waals surface area contributed by atoms with E-state index in [1.807, 2.05) is 0 Å². The largest absolute Gasteiger partial charge is 0 e. The average molecular weight is 307 g/mol. The zero-order valence-electron chi connectivity index (χ0n) is 8.22. The topological polar surface area (TPSA) is 0 Å². The monoisotopic (exact) mass is 304 g/mol. The van der Waals surface area contributed by atoms with Crippen LogP contribution < -0.4 is 0 Å². The van der Waals surface area contributed by atoms with Crippen LogP contribution in [-0.2, 0) is 47.2 Å². The quantitative estimate of drug-likeness (QED) is 0.403. The molecule has 0 saturated carbocycles. The van der Waals surface area contributed by atoms with E-state index < -0.39 is 0 Å². The minimum atomic E-state index is -0.200. The second-order valence-corrected chi connectivity index (χ2v) is 13.6. The smallest absolute Gasteiger partial charge is 0 e. The molecule has 0 heterocycles. The van der Waals surface area contributed by atoms with E-state index in [9.17, 15) is 0 Å². The molecule has 0 radical (unpaired) electrons. The van der Waals surface area contributed by atoms with Crippen LogP contribution in [0.1, 0.15) is 45.4 Å². The third-order valence-corrected chi connectivity index (χ3v) is 9.39. The van der Waals surface area contributed by atoms with Gasteiger partial charge in [0.25, 0.3) is 0 Å². The van der Waals surface area contributed by atoms with E-state index in [1.165, 1.54) is 48.6 Å². The number of hydrogen-bond acceptors (Lipinski definition) is 1. The predicted molar refractivity (Wildman–Crippen MR) is 52.5 cm³/mol. The van der Waals surface area contributed by atoms with Crippen LogP contribution in [0.25, 0.3) is 0 Å². The van der Waals surface area contributed by atoms with Crippen molar-refractivity contribution in [2.24, 2.45) is 0 Å². The second kappa shape index (κ2) is 15.4.